The Labute approximate surface area is 145 Å². The Morgan fingerprint density at radius 1 is 1.36 bits per heavy atom. The Morgan fingerprint density at radius 3 is 2.92 bits per heavy atom. The second-order valence-corrected chi connectivity index (χ2v) is 6.35. The highest BCUT2D eigenvalue weighted by Gasteiger charge is 2.30. The van der Waals surface area contributed by atoms with Gasteiger partial charge in [-0.25, -0.2) is 4.79 Å². The van der Waals surface area contributed by atoms with Crippen LogP contribution in [0, 0.1) is 0 Å². The van der Waals surface area contributed by atoms with Crippen molar-refractivity contribution >= 4 is 11.9 Å². The lowest BCUT2D eigenvalue weighted by atomic mass is 9.98. The Kier molecular flexibility index (Phi) is 5.11. The van der Waals surface area contributed by atoms with Gasteiger partial charge in [0.1, 0.15) is 0 Å². The van der Waals surface area contributed by atoms with Crippen molar-refractivity contribution in [3.05, 3.63) is 47.1 Å². The van der Waals surface area contributed by atoms with Gasteiger partial charge >= 0.3 is 5.97 Å². The van der Waals surface area contributed by atoms with Crippen LogP contribution in [0.25, 0.3) is 0 Å². The predicted octanol–water partition coefficient (Wildman–Crippen LogP) is 2.02. The monoisotopic (exact) mass is 343 g/mol. The first-order valence-electron chi connectivity index (χ1n) is 8.43. The third-order valence-electron chi connectivity index (χ3n) is 4.05. The minimum absolute atomic E-state index is 0.223. The minimum Gasteiger partial charge on any atom is -0.448 e. The number of carbonyl (C=O) groups is 2. The van der Waals surface area contributed by atoms with Crippen molar-refractivity contribution in [2.75, 3.05) is 6.54 Å². The van der Waals surface area contributed by atoms with E-state index in [4.69, 9.17) is 9.26 Å². The van der Waals surface area contributed by atoms with Gasteiger partial charge in [0.15, 0.2) is 11.9 Å². The van der Waals surface area contributed by atoms with Crippen LogP contribution >= 0.6 is 0 Å². The summed E-state index contributed by atoms with van der Waals surface area (Å²) in [6.45, 7) is 4.45. The van der Waals surface area contributed by atoms with Crippen molar-refractivity contribution in [3.8, 4) is 0 Å². The summed E-state index contributed by atoms with van der Waals surface area (Å²) in [5, 5.41) is 6.70. The maximum absolute atomic E-state index is 12.2. The number of rotatable bonds is 6. The lowest BCUT2D eigenvalue weighted by Gasteiger charge is -2.23. The van der Waals surface area contributed by atoms with Gasteiger partial charge in [0, 0.05) is 25.3 Å². The number of nitrogens with one attached hydrogen (secondary N) is 1. The van der Waals surface area contributed by atoms with E-state index >= 15 is 0 Å². The molecule has 1 amide bonds. The van der Waals surface area contributed by atoms with Crippen LogP contribution in [-0.4, -0.2) is 34.7 Å². The molecule has 132 valence electrons. The fourth-order valence-electron chi connectivity index (χ4n) is 2.65. The molecular formula is C18H21N3O4. The van der Waals surface area contributed by atoms with Gasteiger partial charge in [0.25, 0.3) is 5.91 Å². The number of cyclic esters (lactones) is 1. The molecule has 0 aliphatic carbocycles. The van der Waals surface area contributed by atoms with Gasteiger partial charge in [-0.05, 0) is 18.1 Å². The zero-order chi connectivity index (χ0) is 17.8. The highest BCUT2D eigenvalue weighted by molar-refractivity contribution is 5.95. The fraction of sp³-hybridized carbons (Fsp3) is 0.444. The number of esters is 1. The number of carbonyl (C=O) groups excluding carboxylic acids is 2. The molecule has 7 nitrogen and oxygen atoms in total. The Morgan fingerprint density at radius 2 is 2.16 bits per heavy atom. The second-order valence-electron chi connectivity index (χ2n) is 6.35. The van der Waals surface area contributed by atoms with Crippen molar-refractivity contribution in [2.24, 2.45) is 0 Å². The summed E-state index contributed by atoms with van der Waals surface area (Å²) in [5.74, 6) is 0.745. The quantitative estimate of drug-likeness (QED) is 0.637. The normalized spacial score (nSPS) is 16.4. The van der Waals surface area contributed by atoms with Crippen molar-refractivity contribution in [1.82, 2.24) is 15.5 Å². The number of hydrogen-bond acceptors (Lipinski definition) is 6. The van der Waals surface area contributed by atoms with Crippen molar-refractivity contribution in [1.29, 1.82) is 0 Å². The molecule has 2 aromatic rings. The average Bonchev–Trinajstić information content (AvgIpc) is 3.08. The Balaban J connectivity index is 1.46. The van der Waals surface area contributed by atoms with Crippen LogP contribution in [0.4, 0.5) is 0 Å². The molecule has 1 N–H and O–H groups in total. The standard InChI is InChI=1S/C18H21N3O4/c1-11(2)16-20-15(25-21-16)8-5-9-19-17(22)14-10-12-6-3-4-7-13(12)18(23)24-14/h3-4,6-7,11,14H,5,8-10H2,1-2H3,(H,19,22). The van der Waals surface area contributed by atoms with Crippen molar-refractivity contribution in [3.63, 3.8) is 0 Å². The van der Waals surface area contributed by atoms with Gasteiger partial charge < -0.3 is 14.6 Å². The summed E-state index contributed by atoms with van der Waals surface area (Å²) in [6, 6.07) is 7.18. The summed E-state index contributed by atoms with van der Waals surface area (Å²) in [6.07, 6.45) is 0.879. The zero-order valence-electron chi connectivity index (χ0n) is 14.3. The van der Waals surface area contributed by atoms with E-state index in [9.17, 15) is 9.59 Å². The third-order valence-corrected chi connectivity index (χ3v) is 4.05. The molecule has 0 radical (unpaired) electrons. The number of benzene rings is 1. The van der Waals surface area contributed by atoms with E-state index in [1.165, 1.54) is 0 Å². The van der Waals surface area contributed by atoms with E-state index in [0.717, 1.165) is 5.56 Å². The minimum atomic E-state index is -0.779. The first-order chi connectivity index (χ1) is 12.0. The highest BCUT2D eigenvalue weighted by atomic mass is 16.5. The molecule has 1 atom stereocenters. The summed E-state index contributed by atoms with van der Waals surface area (Å²) in [5.41, 5.74) is 1.37. The van der Waals surface area contributed by atoms with E-state index in [-0.39, 0.29) is 11.8 Å². The molecule has 0 fully saturated rings. The first kappa shape index (κ1) is 17.1. The molecule has 1 aromatic carbocycles. The molecule has 1 unspecified atom stereocenters. The predicted molar refractivity (Wildman–Crippen MR) is 89.1 cm³/mol. The molecular weight excluding hydrogens is 322 g/mol. The van der Waals surface area contributed by atoms with Crippen LogP contribution in [0.15, 0.2) is 28.8 Å². The smallest absolute Gasteiger partial charge is 0.339 e. The van der Waals surface area contributed by atoms with Crippen LogP contribution in [0.1, 0.15) is 53.8 Å². The highest BCUT2D eigenvalue weighted by Crippen LogP contribution is 2.20. The summed E-state index contributed by atoms with van der Waals surface area (Å²) in [4.78, 5) is 28.5. The number of hydrogen-bond donors (Lipinski definition) is 1. The van der Waals surface area contributed by atoms with E-state index in [1.54, 1.807) is 12.1 Å². The van der Waals surface area contributed by atoms with Crippen molar-refractivity contribution in [2.45, 2.75) is 45.1 Å². The second kappa shape index (κ2) is 7.46. The Hall–Kier alpha value is -2.70. The van der Waals surface area contributed by atoms with Gasteiger partial charge in [-0.3, -0.25) is 4.79 Å². The van der Waals surface area contributed by atoms with E-state index in [2.05, 4.69) is 15.5 Å². The summed E-state index contributed by atoms with van der Waals surface area (Å²) >= 11 is 0. The van der Waals surface area contributed by atoms with Crippen LogP contribution in [0.2, 0.25) is 0 Å². The maximum atomic E-state index is 12.2. The third kappa shape index (κ3) is 4.04. The zero-order valence-corrected chi connectivity index (χ0v) is 14.3. The SMILES string of the molecule is CC(C)c1noc(CCCNC(=O)C2Cc3ccccc3C(=O)O2)n1. The van der Waals surface area contributed by atoms with Gasteiger partial charge in [0.05, 0.1) is 5.56 Å². The molecule has 25 heavy (non-hydrogen) atoms. The molecule has 7 heteroatoms. The molecule has 0 spiro atoms. The summed E-state index contributed by atoms with van der Waals surface area (Å²) < 4.78 is 10.4. The van der Waals surface area contributed by atoms with Gasteiger partial charge in [-0.1, -0.05) is 37.2 Å². The Bertz CT molecular complexity index is 769. The van der Waals surface area contributed by atoms with Crippen LogP contribution in [-0.2, 0) is 22.4 Å². The lowest BCUT2D eigenvalue weighted by molar-refractivity contribution is -0.130. The number of ether oxygens (including phenoxy) is 1. The molecule has 1 aliphatic rings. The maximum Gasteiger partial charge on any atom is 0.339 e. The average molecular weight is 343 g/mol. The number of aromatic nitrogens is 2. The number of nitrogens with zero attached hydrogens (tertiary/aromatic N) is 2. The van der Waals surface area contributed by atoms with Crippen LogP contribution < -0.4 is 5.32 Å². The molecule has 0 saturated heterocycles. The molecule has 0 bridgehead atoms. The number of aryl methyl sites for hydroxylation is 1. The van der Waals surface area contributed by atoms with Gasteiger partial charge in [-0.15, -0.1) is 0 Å². The van der Waals surface area contributed by atoms with Crippen LogP contribution in [0.3, 0.4) is 0 Å². The van der Waals surface area contributed by atoms with Gasteiger partial charge in [0.2, 0.25) is 5.89 Å². The molecule has 1 aliphatic heterocycles. The van der Waals surface area contributed by atoms with E-state index < -0.39 is 12.1 Å². The molecule has 3 rings (SSSR count). The van der Waals surface area contributed by atoms with E-state index in [1.807, 2.05) is 26.0 Å². The van der Waals surface area contributed by atoms with Crippen LogP contribution in [0.5, 0.6) is 0 Å². The molecule has 2 heterocycles. The largest absolute Gasteiger partial charge is 0.448 e. The van der Waals surface area contributed by atoms with E-state index in [0.29, 0.717) is 43.1 Å². The molecule has 0 saturated carbocycles. The fourth-order valence-corrected chi connectivity index (χ4v) is 2.65. The summed E-state index contributed by atoms with van der Waals surface area (Å²) in [7, 11) is 0. The number of fused-ring (bicyclic) bond motifs is 1. The number of amides is 1. The lowest BCUT2D eigenvalue weighted by Crippen LogP contribution is -2.42. The topological polar surface area (TPSA) is 94.3 Å². The van der Waals surface area contributed by atoms with Crippen molar-refractivity contribution < 1.29 is 18.8 Å². The first-order valence-corrected chi connectivity index (χ1v) is 8.43. The van der Waals surface area contributed by atoms with Gasteiger partial charge in [-0.2, -0.15) is 4.98 Å². The molecule has 1 aromatic heterocycles.